The van der Waals surface area contributed by atoms with Gasteiger partial charge in [-0.25, -0.2) is 0 Å². The molecular weight excluding hydrogens is 236 g/mol. The summed E-state index contributed by atoms with van der Waals surface area (Å²) in [6.07, 6.45) is 2.59. The molecular formula is C16H24N2O. The number of para-hydroxylation sites is 1. The predicted octanol–water partition coefficient (Wildman–Crippen LogP) is 2.59. The summed E-state index contributed by atoms with van der Waals surface area (Å²) in [5.74, 6) is 1.05. The molecule has 1 aliphatic rings. The highest BCUT2D eigenvalue weighted by Crippen LogP contribution is 2.30. The third-order valence-electron chi connectivity index (χ3n) is 4.02. The second-order valence-corrected chi connectivity index (χ2v) is 5.66. The van der Waals surface area contributed by atoms with E-state index in [0.29, 0.717) is 24.8 Å². The minimum Gasteiger partial charge on any atom is -0.330 e. The van der Waals surface area contributed by atoms with Crippen LogP contribution in [0.3, 0.4) is 0 Å². The topological polar surface area (TPSA) is 46.3 Å². The SMILES string of the molecule is CCC(CN)CC(=O)N1CC(C)Cc2ccccc21. The first-order valence-electron chi connectivity index (χ1n) is 7.24. The van der Waals surface area contributed by atoms with Gasteiger partial charge in [0.25, 0.3) is 0 Å². The molecule has 0 saturated carbocycles. The summed E-state index contributed by atoms with van der Waals surface area (Å²) in [7, 11) is 0. The van der Waals surface area contributed by atoms with Crippen LogP contribution in [-0.4, -0.2) is 19.0 Å². The summed E-state index contributed by atoms with van der Waals surface area (Å²) in [5, 5.41) is 0. The van der Waals surface area contributed by atoms with Crippen LogP contribution in [0.25, 0.3) is 0 Å². The van der Waals surface area contributed by atoms with Crippen LogP contribution in [0.4, 0.5) is 5.69 Å². The molecule has 0 spiro atoms. The first kappa shape index (κ1) is 14.1. The Morgan fingerprint density at radius 2 is 2.21 bits per heavy atom. The summed E-state index contributed by atoms with van der Waals surface area (Å²) in [5.41, 5.74) is 8.09. The molecule has 0 bridgehead atoms. The Labute approximate surface area is 115 Å². The van der Waals surface area contributed by atoms with Gasteiger partial charge in [0.05, 0.1) is 0 Å². The fourth-order valence-electron chi connectivity index (χ4n) is 2.78. The first-order chi connectivity index (χ1) is 9.15. The van der Waals surface area contributed by atoms with E-state index >= 15 is 0 Å². The minimum atomic E-state index is 0.219. The van der Waals surface area contributed by atoms with Crippen molar-refractivity contribution < 1.29 is 4.79 Å². The van der Waals surface area contributed by atoms with Crippen LogP contribution in [0.2, 0.25) is 0 Å². The van der Waals surface area contributed by atoms with E-state index in [-0.39, 0.29) is 5.91 Å². The first-order valence-corrected chi connectivity index (χ1v) is 7.24. The molecule has 0 radical (unpaired) electrons. The maximum atomic E-state index is 12.5. The van der Waals surface area contributed by atoms with Crippen molar-refractivity contribution in [2.45, 2.75) is 33.1 Å². The lowest BCUT2D eigenvalue weighted by Gasteiger charge is -2.34. The molecule has 0 saturated heterocycles. The van der Waals surface area contributed by atoms with Gasteiger partial charge in [0.15, 0.2) is 0 Å². The van der Waals surface area contributed by atoms with E-state index in [0.717, 1.165) is 25.1 Å². The zero-order valence-corrected chi connectivity index (χ0v) is 11.9. The smallest absolute Gasteiger partial charge is 0.227 e. The quantitative estimate of drug-likeness (QED) is 0.904. The van der Waals surface area contributed by atoms with Crippen molar-refractivity contribution in [2.75, 3.05) is 18.0 Å². The lowest BCUT2D eigenvalue weighted by Crippen LogP contribution is -2.40. The third-order valence-corrected chi connectivity index (χ3v) is 4.02. The second kappa shape index (κ2) is 6.20. The van der Waals surface area contributed by atoms with Gasteiger partial charge in [0.2, 0.25) is 5.91 Å². The number of nitrogens with zero attached hydrogens (tertiary/aromatic N) is 1. The Hall–Kier alpha value is -1.35. The predicted molar refractivity (Wildman–Crippen MR) is 79.1 cm³/mol. The molecule has 3 heteroatoms. The number of carbonyl (C=O) groups excluding carboxylic acids is 1. The van der Waals surface area contributed by atoms with Gasteiger partial charge in [-0.15, -0.1) is 0 Å². The molecule has 19 heavy (non-hydrogen) atoms. The highest BCUT2D eigenvalue weighted by Gasteiger charge is 2.26. The number of anilines is 1. The number of rotatable bonds is 4. The van der Waals surface area contributed by atoms with Crippen LogP contribution in [0, 0.1) is 11.8 Å². The van der Waals surface area contributed by atoms with Gasteiger partial charge in [-0.1, -0.05) is 38.5 Å². The molecule has 1 aromatic rings. The number of hydrogen-bond acceptors (Lipinski definition) is 2. The molecule has 0 fully saturated rings. The van der Waals surface area contributed by atoms with Crippen molar-refractivity contribution in [3.05, 3.63) is 29.8 Å². The zero-order chi connectivity index (χ0) is 13.8. The van der Waals surface area contributed by atoms with Crippen molar-refractivity contribution in [1.29, 1.82) is 0 Å². The molecule has 0 aromatic heterocycles. The van der Waals surface area contributed by atoms with Crippen molar-refractivity contribution in [3.63, 3.8) is 0 Å². The fraction of sp³-hybridized carbons (Fsp3) is 0.562. The van der Waals surface area contributed by atoms with Crippen LogP contribution in [0.1, 0.15) is 32.3 Å². The monoisotopic (exact) mass is 260 g/mol. The molecule has 1 heterocycles. The van der Waals surface area contributed by atoms with E-state index in [9.17, 15) is 4.79 Å². The van der Waals surface area contributed by atoms with Crippen LogP contribution in [0.15, 0.2) is 24.3 Å². The van der Waals surface area contributed by atoms with Crippen LogP contribution in [-0.2, 0) is 11.2 Å². The average molecular weight is 260 g/mol. The number of nitrogens with two attached hydrogens (primary N) is 1. The van der Waals surface area contributed by atoms with E-state index in [1.165, 1.54) is 5.56 Å². The van der Waals surface area contributed by atoms with Crippen LogP contribution >= 0.6 is 0 Å². The summed E-state index contributed by atoms with van der Waals surface area (Å²) >= 11 is 0. The number of carbonyl (C=O) groups is 1. The number of hydrogen-bond donors (Lipinski definition) is 1. The van der Waals surface area contributed by atoms with Gasteiger partial charge in [0.1, 0.15) is 0 Å². The molecule has 2 N–H and O–H groups in total. The van der Waals surface area contributed by atoms with Crippen LogP contribution < -0.4 is 10.6 Å². The van der Waals surface area contributed by atoms with Gasteiger partial charge in [-0.05, 0) is 36.4 Å². The van der Waals surface area contributed by atoms with Gasteiger partial charge in [0, 0.05) is 18.7 Å². The van der Waals surface area contributed by atoms with Crippen molar-refractivity contribution in [2.24, 2.45) is 17.6 Å². The van der Waals surface area contributed by atoms with E-state index < -0.39 is 0 Å². The largest absolute Gasteiger partial charge is 0.330 e. The molecule has 1 amide bonds. The number of benzene rings is 1. The highest BCUT2D eigenvalue weighted by molar-refractivity contribution is 5.94. The van der Waals surface area contributed by atoms with Gasteiger partial charge in [-0.2, -0.15) is 0 Å². The second-order valence-electron chi connectivity index (χ2n) is 5.66. The lowest BCUT2D eigenvalue weighted by atomic mass is 9.92. The standard InChI is InChI=1S/C16H24N2O/c1-3-13(10-17)9-16(19)18-11-12(2)8-14-6-4-5-7-15(14)18/h4-7,12-13H,3,8-11,17H2,1-2H3. The Kier molecular flexibility index (Phi) is 4.59. The van der Waals surface area contributed by atoms with Crippen molar-refractivity contribution in [1.82, 2.24) is 0 Å². The number of fused-ring (bicyclic) bond motifs is 1. The molecule has 2 unspecified atom stereocenters. The summed E-state index contributed by atoms with van der Waals surface area (Å²) in [6.45, 7) is 5.72. The molecule has 0 aliphatic carbocycles. The molecule has 1 aromatic carbocycles. The fourth-order valence-corrected chi connectivity index (χ4v) is 2.78. The Bertz CT molecular complexity index is 440. The van der Waals surface area contributed by atoms with Crippen molar-refractivity contribution in [3.8, 4) is 0 Å². The lowest BCUT2D eigenvalue weighted by molar-refractivity contribution is -0.119. The average Bonchev–Trinajstić information content (AvgIpc) is 2.43. The van der Waals surface area contributed by atoms with E-state index in [4.69, 9.17) is 5.73 Å². The van der Waals surface area contributed by atoms with Crippen LogP contribution in [0.5, 0.6) is 0 Å². The Balaban J connectivity index is 2.18. The molecule has 3 nitrogen and oxygen atoms in total. The number of amides is 1. The third kappa shape index (κ3) is 3.16. The molecule has 2 rings (SSSR count). The Morgan fingerprint density at radius 1 is 1.47 bits per heavy atom. The minimum absolute atomic E-state index is 0.219. The summed E-state index contributed by atoms with van der Waals surface area (Å²) in [6, 6.07) is 8.25. The summed E-state index contributed by atoms with van der Waals surface area (Å²) < 4.78 is 0. The highest BCUT2D eigenvalue weighted by atomic mass is 16.2. The molecule has 104 valence electrons. The van der Waals surface area contributed by atoms with Gasteiger partial charge in [-0.3, -0.25) is 4.79 Å². The molecule has 1 aliphatic heterocycles. The van der Waals surface area contributed by atoms with E-state index in [1.807, 2.05) is 17.0 Å². The van der Waals surface area contributed by atoms with Gasteiger partial charge < -0.3 is 10.6 Å². The maximum absolute atomic E-state index is 12.5. The normalized spacial score (nSPS) is 19.9. The maximum Gasteiger partial charge on any atom is 0.227 e. The van der Waals surface area contributed by atoms with E-state index in [2.05, 4.69) is 26.0 Å². The zero-order valence-electron chi connectivity index (χ0n) is 11.9. The van der Waals surface area contributed by atoms with Gasteiger partial charge >= 0.3 is 0 Å². The van der Waals surface area contributed by atoms with E-state index in [1.54, 1.807) is 0 Å². The summed E-state index contributed by atoms with van der Waals surface area (Å²) in [4.78, 5) is 14.5. The molecule has 2 atom stereocenters. The van der Waals surface area contributed by atoms with Crippen molar-refractivity contribution >= 4 is 11.6 Å². The Morgan fingerprint density at radius 3 is 2.89 bits per heavy atom.